The molecule has 3 N–H and O–H groups in total. The summed E-state index contributed by atoms with van der Waals surface area (Å²) in [6, 6.07) is 15.6. The Kier molecular flexibility index (Phi) is 10.0. The zero-order chi connectivity index (χ0) is 34.7. The molecular weight excluding hydrogens is 674 g/mol. The molecule has 0 unspecified atom stereocenters. The van der Waals surface area contributed by atoms with Gasteiger partial charge in [-0.3, -0.25) is 24.1 Å². The number of hydrogen-bond donors (Lipinski definition) is 3. The third kappa shape index (κ3) is 7.62. The van der Waals surface area contributed by atoms with Crippen molar-refractivity contribution < 1.29 is 43.1 Å². The van der Waals surface area contributed by atoms with E-state index in [-0.39, 0.29) is 47.8 Å². The molecule has 12 nitrogen and oxygen atoms in total. The average Bonchev–Trinajstić information content (AvgIpc) is 3.42. The van der Waals surface area contributed by atoms with Crippen molar-refractivity contribution in [1.29, 1.82) is 0 Å². The Morgan fingerprint density at radius 3 is 2.55 bits per heavy atom. The molecule has 252 valence electrons. The van der Waals surface area contributed by atoms with Gasteiger partial charge in [0, 0.05) is 53.2 Å². The molecule has 4 heterocycles. The SMILES string of the molecule is O=C(C[n+]1ccc(CN2CCC(=CC3=C(C(=O)[O-])N4C(=O)[C@@H](NC(=O)CSc5ccccc5)[C@H]4SC3)C2=O)cc1)Nc1ccc(O)c(F)c1. The van der Waals surface area contributed by atoms with E-state index >= 15 is 0 Å². The number of aliphatic carboxylic acids is 1. The van der Waals surface area contributed by atoms with Gasteiger partial charge in [0.25, 0.3) is 11.8 Å². The molecule has 0 spiro atoms. The summed E-state index contributed by atoms with van der Waals surface area (Å²) in [7, 11) is 0. The van der Waals surface area contributed by atoms with Crippen LogP contribution in [-0.2, 0) is 37.1 Å². The monoisotopic (exact) mass is 703 g/mol. The highest BCUT2D eigenvalue weighted by Gasteiger charge is 2.52. The molecule has 3 aliphatic heterocycles. The minimum atomic E-state index is -1.53. The van der Waals surface area contributed by atoms with Gasteiger partial charge in [-0.15, -0.1) is 23.5 Å². The number of hydrogen-bond acceptors (Lipinski definition) is 9. The highest BCUT2D eigenvalue weighted by molar-refractivity contribution is 8.00. The highest BCUT2D eigenvalue weighted by Crippen LogP contribution is 2.41. The van der Waals surface area contributed by atoms with Gasteiger partial charge in [0.15, 0.2) is 24.0 Å². The third-order valence-corrected chi connectivity index (χ3v) is 10.4. The van der Waals surface area contributed by atoms with Crippen LogP contribution in [0.5, 0.6) is 5.75 Å². The van der Waals surface area contributed by atoms with Crippen molar-refractivity contribution in [3.8, 4) is 5.75 Å². The number of allylic oxidation sites excluding steroid dienone is 1. The van der Waals surface area contributed by atoms with Gasteiger partial charge in [0.05, 0.1) is 17.4 Å². The number of aromatic nitrogens is 1. The van der Waals surface area contributed by atoms with Crippen LogP contribution in [0, 0.1) is 5.82 Å². The molecule has 2 aromatic carbocycles. The molecule has 3 aliphatic rings. The Labute approximate surface area is 288 Å². The van der Waals surface area contributed by atoms with Crippen molar-refractivity contribution in [2.24, 2.45) is 0 Å². The Morgan fingerprint density at radius 2 is 1.84 bits per heavy atom. The van der Waals surface area contributed by atoms with Crippen LogP contribution < -0.4 is 20.3 Å². The summed E-state index contributed by atoms with van der Waals surface area (Å²) in [5.74, 6) is -4.10. The van der Waals surface area contributed by atoms with Crippen molar-refractivity contribution in [2.45, 2.75) is 35.8 Å². The zero-order valence-corrected chi connectivity index (χ0v) is 27.5. The Balaban J connectivity index is 1.04. The lowest BCUT2D eigenvalue weighted by atomic mass is 10.0. The third-order valence-electron chi connectivity index (χ3n) is 8.07. The molecule has 1 aromatic heterocycles. The van der Waals surface area contributed by atoms with Gasteiger partial charge in [0.1, 0.15) is 11.4 Å². The second-order valence-electron chi connectivity index (χ2n) is 11.5. The summed E-state index contributed by atoms with van der Waals surface area (Å²) in [5.41, 5.74) is 1.44. The van der Waals surface area contributed by atoms with Gasteiger partial charge in [-0.2, -0.15) is 4.57 Å². The molecule has 4 amide bonds. The molecule has 0 bridgehead atoms. The zero-order valence-electron chi connectivity index (χ0n) is 25.8. The van der Waals surface area contributed by atoms with Gasteiger partial charge >= 0.3 is 0 Å². The van der Waals surface area contributed by atoms with E-state index < -0.39 is 40.8 Å². The smallest absolute Gasteiger partial charge is 0.290 e. The van der Waals surface area contributed by atoms with Crippen LogP contribution in [0.3, 0.4) is 0 Å². The quantitative estimate of drug-likeness (QED) is 0.0879. The summed E-state index contributed by atoms with van der Waals surface area (Å²) in [6.45, 7) is 0.646. The predicted molar refractivity (Wildman–Crippen MR) is 176 cm³/mol. The summed E-state index contributed by atoms with van der Waals surface area (Å²) >= 11 is 2.64. The van der Waals surface area contributed by atoms with Crippen LogP contribution >= 0.6 is 23.5 Å². The van der Waals surface area contributed by atoms with E-state index in [1.165, 1.54) is 35.7 Å². The molecule has 0 saturated carbocycles. The number of carboxylic acids is 1. The average molecular weight is 704 g/mol. The van der Waals surface area contributed by atoms with Gasteiger partial charge in [-0.05, 0) is 47.9 Å². The summed E-state index contributed by atoms with van der Waals surface area (Å²) < 4.78 is 15.2. The number of amides is 4. The van der Waals surface area contributed by atoms with Crippen molar-refractivity contribution in [3.63, 3.8) is 0 Å². The lowest BCUT2D eigenvalue weighted by Crippen LogP contribution is -2.71. The molecule has 6 rings (SSSR count). The number of pyridine rings is 1. The Morgan fingerprint density at radius 1 is 1.08 bits per heavy atom. The van der Waals surface area contributed by atoms with Crippen LogP contribution in [0.4, 0.5) is 10.1 Å². The molecular formula is C34H30FN5O7S2. The molecule has 2 saturated heterocycles. The second-order valence-corrected chi connectivity index (χ2v) is 13.6. The lowest BCUT2D eigenvalue weighted by Gasteiger charge is -2.50. The van der Waals surface area contributed by atoms with Gasteiger partial charge < -0.3 is 30.5 Å². The summed E-state index contributed by atoms with van der Waals surface area (Å²) in [5, 5.41) is 26.2. The van der Waals surface area contributed by atoms with Crippen molar-refractivity contribution in [2.75, 3.05) is 23.4 Å². The van der Waals surface area contributed by atoms with E-state index in [1.54, 1.807) is 34.0 Å². The Hall–Kier alpha value is -5.15. The van der Waals surface area contributed by atoms with Gasteiger partial charge in [-0.1, -0.05) is 18.2 Å². The van der Waals surface area contributed by atoms with Crippen LogP contribution in [0.2, 0.25) is 0 Å². The molecule has 3 aromatic rings. The first kappa shape index (κ1) is 33.7. The van der Waals surface area contributed by atoms with Crippen molar-refractivity contribution >= 4 is 58.8 Å². The van der Waals surface area contributed by atoms with Crippen molar-refractivity contribution in [3.05, 3.63) is 107 Å². The second kappa shape index (κ2) is 14.5. The van der Waals surface area contributed by atoms with E-state index in [0.717, 1.165) is 27.5 Å². The van der Waals surface area contributed by atoms with E-state index in [4.69, 9.17) is 0 Å². The number of carbonyl (C=O) groups excluding carboxylic acids is 5. The number of phenols is 1. The summed E-state index contributed by atoms with van der Waals surface area (Å²) in [4.78, 5) is 67.1. The van der Waals surface area contributed by atoms with E-state index in [2.05, 4.69) is 10.6 Å². The first-order valence-corrected chi connectivity index (χ1v) is 17.2. The molecule has 0 radical (unpaired) electrons. The number of phenolic OH excluding ortho intramolecular Hbond substituents is 1. The standard InChI is InChI=1S/C34H30FN5O7S2/c35-25-15-23(6-7-26(25)41)36-27(42)17-38-11-8-20(9-12-38)16-39-13-10-21(31(39)44)14-22-18-49-33-29(32(45)40(33)30(22)34(46)47)37-28(43)19-48-24-4-2-1-3-5-24/h1-9,11-12,14-15,29,33H,10,13,16-19H2,(H3-,36,37,41,42,43,46,47)/t29-,33-/m1/s1. The van der Waals surface area contributed by atoms with Crippen LogP contribution in [0.1, 0.15) is 12.0 Å². The minimum Gasteiger partial charge on any atom is -0.543 e. The number of nitrogens with one attached hydrogen (secondary N) is 2. The molecule has 15 heteroatoms. The predicted octanol–water partition coefficient (Wildman–Crippen LogP) is 1.31. The number of rotatable bonds is 11. The number of likely N-dealkylation sites (tertiary alicyclic amines) is 1. The topological polar surface area (TPSA) is 163 Å². The van der Waals surface area contributed by atoms with Gasteiger partial charge in [-0.25, -0.2) is 4.39 Å². The minimum absolute atomic E-state index is 0.0486. The summed E-state index contributed by atoms with van der Waals surface area (Å²) in [6.07, 6.45) is 5.27. The Bertz CT molecular complexity index is 1890. The van der Waals surface area contributed by atoms with Crippen LogP contribution in [0.15, 0.2) is 101 Å². The van der Waals surface area contributed by atoms with E-state index in [0.29, 0.717) is 24.1 Å². The van der Waals surface area contributed by atoms with Gasteiger partial charge in [0.2, 0.25) is 18.4 Å². The molecule has 0 aliphatic carbocycles. The number of anilines is 1. The number of aromatic hydroxyl groups is 1. The number of thioether (sulfide) groups is 2. The van der Waals surface area contributed by atoms with Crippen LogP contribution in [0.25, 0.3) is 0 Å². The first-order valence-electron chi connectivity index (χ1n) is 15.2. The molecule has 2 fully saturated rings. The van der Waals surface area contributed by atoms with Crippen LogP contribution in [-0.4, -0.2) is 74.0 Å². The number of carbonyl (C=O) groups is 5. The number of benzene rings is 2. The maximum Gasteiger partial charge on any atom is 0.290 e. The highest BCUT2D eigenvalue weighted by atomic mass is 32.2. The van der Waals surface area contributed by atoms with E-state index in [1.807, 2.05) is 30.3 Å². The molecule has 49 heavy (non-hydrogen) atoms. The maximum absolute atomic E-state index is 13.5. The first-order chi connectivity index (χ1) is 23.6. The molecule has 2 atom stereocenters. The van der Waals surface area contributed by atoms with E-state index in [9.17, 15) is 38.6 Å². The number of β-lactam (4-membered cyclic amide) rings is 1. The normalized spacial score (nSPS) is 19.5. The lowest BCUT2D eigenvalue weighted by molar-refractivity contribution is -0.684. The fourth-order valence-electron chi connectivity index (χ4n) is 5.66. The number of halogens is 1. The number of carboxylic acid groups (broad SMARTS) is 1. The fourth-order valence-corrected chi connectivity index (χ4v) is 7.69. The maximum atomic E-state index is 13.5. The largest absolute Gasteiger partial charge is 0.543 e. The number of nitrogens with zero attached hydrogens (tertiary/aromatic N) is 3. The fraction of sp³-hybridized carbons (Fsp3) is 0.235. The number of fused-ring (bicyclic) bond motifs is 1. The van der Waals surface area contributed by atoms with Crippen molar-refractivity contribution in [1.82, 2.24) is 15.1 Å².